The lowest BCUT2D eigenvalue weighted by atomic mass is 9.82. The number of hydrogen-bond donors (Lipinski definition) is 1. The van der Waals surface area contributed by atoms with E-state index in [4.69, 9.17) is 9.47 Å². The van der Waals surface area contributed by atoms with Crippen LogP contribution in [-0.2, 0) is 14.3 Å². The lowest BCUT2D eigenvalue weighted by Crippen LogP contribution is -2.54. The van der Waals surface area contributed by atoms with Crippen molar-refractivity contribution >= 4 is 5.91 Å². The average molecular weight is 254 g/mol. The number of nitrogens with zero attached hydrogens (tertiary/aromatic N) is 1. The summed E-state index contributed by atoms with van der Waals surface area (Å²) in [6.45, 7) is 4.61. The number of nitrogens with one attached hydrogen (secondary N) is 1. The van der Waals surface area contributed by atoms with Gasteiger partial charge in [-0.05, 0) is 19.3 Å². The molecule has 2 aliphatic heterocycles. The third-order valence-corrected chi connectivity index (χ3v) is 4.30. The first-order valence-corrected chi connectivity index (χ1v) is 7.06. The van der Waals surface area contributed by atoms with Crippen molar-refractivity contribution in [2.75, 3.05) is 39.5 Å². The van der Waals surface area contributed by atoms with Gasteiger partial charge in [0.1, 0.15) is 0 Å². The van der Waals surface area contributed by atoms with Crippen LogP contribution < -0.4 is 5.32 Å². The van der Waals surface area contributed by atoms with Crippen LogP contribution in [0.4, 0.5) is 0 Å². The highest BCUT2D eigenvalue weighted by Gasteiger charge is 2.37. The molecule has 3 aliphatic rings. The molecule has 5 nitrogen and oxygen atoms in total. The van der Waals surface area contributed by atoms with Crippen LogP contribution >= 0.6 is 0 Å². The van der Waals surface area contributed by atoms with Gasteiger partial charge in [-0.2, -0.15) is 0 Å². The van der Waals surface area contributed by atoms with E-state index in [0.717, 1.165) is 45.5 Å². The number of rotatable bonds is 1. The third-order valence-electron chi connectivity index (χ3n) is 4.30. The van der Waals surface area contributed by atoms with Gasteiger partial charge in [0.15, 0.2) is 0 Å². The molecule has 1 saturated carbocycles. The minimum absolute atomic E-state index is 0.179. The lowest BCUT2D eigenvalue weighted by molar-refractivity contribution is -0.143. The fraction of sp³-hybridized carbons (Fsp3) is 0.923. The maximum absolute atomic E-state index is 12.4. The molecule has 102 valence electrons. The Kier molecular flexibility index (Phi) is 3.82. The molecule has 0 radical (unpaired) electrons. The van der Waals surface area contributed by atoms with E-state index in [1.165, 1.54) is 0 Å². The van der Waals surface area contributed by atoms with Crippen molar-refractivity contribution in [1.29, 1.82) is 0 Å². The molecule has 0 spiro atoms. The quantitative estimate of drug-likeness (QED) is 0.716. The normalized spacial score (nSPS) is 37.1. The fourth-order valence-corrected chi connectivity index (χ4v) is 3.28. The summed E-state index contributed by atoms with van der Waals surface area (Å²) in [7, 11) is 0. The van der Waals surface area contributed by atoms with Crippen molar-refractivity contribution < 1.29 is 14.3 Å². The minimum Gasteiger partial charge on any atom is -0.378 e. The second-order valence-corrected chi connectivity index (χ2v) is 5.42. The fourth-order valence-electron chi connectivity index (χ4n) is 3.28. The Balaban J connectivity index is 1.57. The molecule has 0 bridgehead atoms. The van der Waals surface area contributed by atoms with Gasteiger partial charge in [-0.15, -0.1) is 0 Å². The van der Waals surface area contributed by atoms with E-state index in [-0.39, 0.29) is 5.92 Å². The topological polar surface area (TPSA) is 50.8 Å². The summed E-state index contributed by atoms with van der Waals surface area (Å²) in [4.78, 5) is 14.4. The van der Waals surface area contributed by atoms with E-state index in [9.17, 15) is 4.79 Å². The largest absolute Gasteiger partial charge is 0.378 e. The third kappa shape index (κ3) is 2.53. The zero-order valence-electron chi connectivity index (χ0n) is 10.8. The molecular weight excluding hydrogens is 232 g/mol. The maximum Gasteiger partial charge on any atom is 0.225 e. The predicted molar refractivity (Wildman–Crippen MR) is 66.3 cm³/mol. The van der Waals surface area contributed by atoms with Gasteiger partial charge in [0.2, 0.25) is 5.91 Å². The zero-order valence-corrected chi connectivity index (χ0v) is 10.8. The van der Waals surface area contributed by atoms with Crippen LogP contribution in [0.15, 0.2) is 0 Å². The molecule has 1 N–H and O–H groups in total. The number of amides is 1. The van der Waals surface area contributed by atoms with Crippen LogP contribution in [0.5, 0.6) is 0 Å². The summed E-state index contributed by atoms with van der Waals surface area (Å²) in [6, 6.07) is 0.377. The summed E-state index contributed by atoms with van der Waals surface area (Å²) >= 11 is 0. The van der Waals surface area contributed by atoms with Crippen molar-refractivity contribution in [3.8, 4) is 0 Å². The van der Waals surface area contributed by atoms with E-state index in [1.54, 1.807) is 0 Å². The van der Waals surface area contributed by atoms with Gasteiger partial charge < -0.3 is 19.7 Å². The van der Waals surface area contributed by atoms with E-state index < -0.39 is 0 Å². The van der Waals surface area contributed by atoms with E-state index in [1.807, 2.05) is 4.90 Å². The molecular formula is C13H22N2O3. The smallest absolute Gasteiger partial charge is 0.225 e. The SMILES string of the molecule is O=C([C@H]1CC[C@H]2OCCN[C@@H]2C1)N1CCOCC1. The number of carbonyl (C=O) groups excluding carboxylic acids is 1. The van der Waals surface area contributed by atoms with Crippen molar-refractivity contribution in [2.45, 2.75) is 31.4 Å². The maximum atomic E-state index is 12.4. The van der Waals surface area contributed by atoms with Gasteiger partial charge in [-0.3, -0.25) is 4.79 Å². The molecule has 0 aromatic carbocycles. The molecule has 1 aliphatic carbocycles. The van der Waals surface area contributed by atoms with Crippen molar-refractivity contribution in [1.82, 2.24) is 10.2 Å². The zero-order chi connectivity index (χ0) is 12.4. The molecule has 3 fully saturated rings. The van der Waals surface area contributed by atoms with Crippen LogP contribution in [0.3, 0.4) is 0 Å². The molecule has 2 heterocycles. The Labute approximate surface area is 108 Å². The number of morpholine rings is 2. The highest BCUT2D eigenvalue weighted by atomic mass is 16.5. The first-order valence-electron chi connectivity index (χ1n) is 7.06. The standard InChI is InChI=1S/C13H22N2O3/c16-13(15-4-7-17-8-5-15)10-1-2-12-11(9-10)14-3-6-18-12/h10-12,14H,1-9H2/t10-,11+,12+/m0/s1. The Morgan fingerprint density at radius 3 is 2.83 bits per heavy atom. The van der Waals surface area contributed by atoms with E-state index in [2.05, 4.69) is 5.32 Å². The second-order valence-electron chi connectivity index (χ2n) is 5.42. The van der Waals surface area contributed by atoms with Crippen LogP contribution in [-0.4, -0.2) is 62.4 Å². The Bertz CT molecular complexity index is 305. The number of carbonyl (C=O) groups is 1. The molecule has 18 heavy (non-hydrogen) atoms. The molecule has 0 unspecified atom stereocenters. The molecule has 1 amide bonds. The molecule has 0 aromatic heterocycles. The monoisotopic (exact) mass is 254 g/mol. The lowest BCUT2D eigenvalue weighted by Gasteiger charge is -2.40. The Hall–Kier alpha value is -0.650. The first kappa shape index (κ1) is 12.4. The van der Waals surface area contributed by atoms with Crippen molar-refractivity contribution in [3.63, 3.8) is 0 Å². The van der Waals surface area contributed by atoms with Gasteiger partial charge in [-0.25, -0.2) is 0 Å². The highest BCUT2D eigenvalue weighted by Crippen LogP contribution is 2.29. The molecule has 2 saturated heterocycles. The predicted octanol–water partition coefficient (Wildman–Crippen LogP) is 0.00230. The average Bonchev–Trinajstić information content (AvgIpc) is 2.47. The summed E-state index contributed by atoms with van der Waals surface area (Å²) in [5.74, 6) is 0.502. The van der Waals surface area contributed by atoms with Crippen LogP contribution in [0.2, 0.25) is 0 Å². The molecule has 5 heteroatoms. The molecule has 0 aromatic rings. The molecule has 3 rings (SSSR count). The Morgan fingerprint density at radius 1 is 1.17 bits per heavy atom. The number of hydrogen-bond acceptors (Lipinski definition) is 4. The van der Waals surface area contributed by atoms with Gasteiger partial charge in [0.25, 0.3) is 0 Å². The van der Waals surface area contributed by atoms with Gasteiger partial charge >= 0.3 is 0 Å². The summed E-state index contributed by atoms with van der Waals surface area (Å²) < 4.78 is 11.0. The van der Waals surface area contributed by atoms with Crippen LogP contribution in [0, 0.1) is 5.92 Å². The van der Waals surface area contributed by atoms with Gasteiger partial charge in [0, 0.05) is 31.6 Å². The van der Waals surface area contributed by atoms with Crippen molar-refractivity contribution in [2.24, 2.45) is 5.92 Å². The van der Waals surface area contributed by atoms with Crippen molar-refractivity contribution in [3.05, 3.63) is 0 Å². The van der Waals surface area contributed by atoms with E-state index >= 15 is 0 Å². The number of ether oxygens (including phenoxy) is 2. The summed E-state index contributed by atoms with van der Waals surface area (Å²) in [5, 5.41) is 3.49. The second kappa shape index (κ2) is 5.55. The Morgan fingerprint density at radius 2 is 2.00 bits per heavy atom. The highest BCUT2D eigenvalue weighted by molar-refractivity contribution is 5.79. The van der Waals surface area contributed by atoms with Gasteiger partial charge in [-0.1, -0.05) is 0 Å². The first-order chi connectivity index (χ1) is 8.84. The number of fused-ring (bicyclic) bond motifs is 1. The molecule has 3 atom stereocenters. The van der Waals surface area contributed by atoms with E-state index in [0.29, 0.717) is 31.3 Å². The van der Waals surface area contributed by atoms with Crippen LogP contribution in [0.1, 0.15) is 19.3 Å². The summed E-state index contributed by atoms with van der Waals surface area (Å²) in [5.41, 5.74) is 0. The van der Waals surface area contributed by atoms with Crippen LogP contribution in [0.25, 0.3) is 0 Å². The minimum atomic E-state index is 0.179. The summed E-state index contributed by atoms with van der Waals surface area (Å²) in [6.07, 6.45) is 3.24. The van der Waals surface area contributed by atoms with Gasteiger partial charge in [0.05, 0.1) is 25.9 Å².